The van der Waals surface area contributed by atoms with Crippen molar-refractivity contribution in [3.8, 4) is 5.75 Å². The Bertz CT molecular complexity index is 464. The van der Waals surface area contributed by atoms with Crippen molar-refractivity contribution in [3.63, 3.8) is 0 Å². The standard InChI is InChI=1S/C16H22ClNO/c17-14-9-12-5-8-19-15(12)13(10-14)11-16(18)6-3-1-2-4-7-16/h9-10H,1-8,11,18H2. The Balaban J connectivity index is 1.86. The van der Waals surface area contributed by atoms with E-state index in [1.807, 2.05) is 12.1 Å². The Morgan fingerprint density at radius 2 is 1.89 bits per heavy atom. The number of ether oxygens (including phenoxy) is 1. The first-order valence-corrected chi connectivity index (χ1v) is 7.77. The number of rotatable bonds is 2. The van der Waals surface area contributed by atoms with Gasteiger partial charge in [-0.1, -0.05) is 37.3 Å². The van der Waals surface area contributed by atoms with E-state index in [-0.39, 0.29) is 5.54 Å². The molecule has 0 spiro atoms. The van der Waals surface area contributed by atoms with E-state index in [9.17, 15) is 0 Å². The Labute approximate surface area is 120 Å². The van der Waals surface area contributed by atoms with Gasteiger partial charge in [0, 0.05) is 17.0 Å². The molecule has 0 unspecified atom stereocenters. The molecule has 0 radical (unpaired) electrons. The first-order chi connectivity index (χ1) is 9.16. The largest absolute Gasteiger partial charge is 0.493 e. The quantitative estimate of drug-likeness (QED) is 0.834. The van der Waals surface area contributed by atoms with Gasteiger partial charge in [-0.15, -0.1) is 0 Å². The molecule has 0 atom stereocenters. The average Bonchev–Trinajstić information content (AvgIpc) is 2.72. The second-order valence-electron chi connectivity index (χ2n) is 6.10. The van der Waals surface area contributed by atoms with Crippen molar-refractivity contribution >= 4 is 11.6 Å². The highest BCUT2D eigenvalue weighted by Gasteiger charge is 2.29. The lowest BCUT2D eigenvalue weighted by atomic mass is 9.84. The Hall–Kier alpha value is -0.730. The van der Waals surface area contributed by atoms with Crippen LogP contribution >= 0.6 is 11.6 Å². The van der Waals surface area contributed by atoms with Crippen LogP contribution in [0, 0.1) is 0 Å². The average molecular weight is 280 g/mol. The third-order valence-electron chi connectivity index (χ3n) is 4.47. The van der Waals surface area contributed by atoms with E-state index >= 15 is 0 Å². The molecule has 2 N–H and O–H groups in total. The van der Waals surface area contributed by atoms with Crippen molar-refractivity contribution in [3.05, 3.63) is 28.3 Å². The van der Waals surface area contributed by atoms with E-state index in [1.165, 1.54) is 36.8 Å². The van der Waals surface area contributed by atoms with Gasteiger partial charge in [0.2, 0.25) is 0 Å². The molecule has 1 aromatic carbocycles. The maximum atomic E-state index is 6.64. The van der Waals surface area contributed by atoms with Crippen LogP contribution in [0.15, 0.2) is 12.1 Å². The molecule has 104 valence electrons. The minimum atomic E-state index is -0.0685. The second kappa shape index (κ2) is 5.34. The lowest BCUT2D eigenvalue weighted by Crippen LogP contribution is -2.41. The molecule has 1 saturated carbocycles. The van der Waals surface area contributed by atoms with Crippen LogP contribution in [-0.4, -0.2) is 12.1 Å². The topological polar surface area (TPSA) is 35.2 Å². The molecule has 3 heteroatoms. The zero-order valence-electron chi connectivity index (χ0n) is 11.4. The molecule has 2 aliphatic rings. The first kappa shape index (κ1) is 13.3. The third kappa shape index (κ3) is 2.90. The lowest BCUT2D eigenvalue weighted by molar-refractivity contribution is 0.336. The van der Waals surface area contributed by atoms with Gasteiger partial charge in [0.15, 0.2) is 0 Å². The van der Waals surface area contributed by atoms with Crippen LogP contribution < -0.4 is 10.5 Å². The number of halogens is 1. The molecular weight excluding hydrogens is 258 g/mol. The number of hydrogen-bond acceptors (Lipinski definition) is 2. The summed E-state index contributed by atoms with van der Waals surface area (Å²) in [6, 6.07) is 4.08. The van der Waals surface area contributed by atoms with Gasteiger partial charge in [0.05, 0.1) is 6.61 Å². The molecule has 1 aliphatic heterocycles. The molecule has 0 bridgehead atoms. The summed E-state index contributed by atoms with van der Waals surface area (Å²) >= 11 is 6.23. The number of benzene rings is 1. The van der Waals surface area contributed by atoms with E-state index in [1.54, 1.807) is 0 Å². The summed E-state index contributed by atoms with van der Waals surface area (Å²) in [5.74, 6) is 1.05. The van der Waals surface area contributed by atoms with Gasteiger partial charge in [-0.2, -0.15) is 0 Å². The van der Waals surface area contributed by atoms with Gasteiger partial charge >= 0.3 is 0 Å². The number of hydrogen-bond donors (Lipinski definition) is 1. The molecule has 1 aromatic rings. The summed E-state index contributed by atoms with van der Waals surface area (Å²) < 4.78 is 5.79. The van der Waals surface area contributed by atoms with Gasteiger partial charge in [0.25, 0.3) is 0 Å². The molecule has 1 fully saturated rings. The van der Waals surface area contributed by atoms with Crippen LogP contribution in [-0.2, 0) is 12.8 Å². The number of fused-ring (bicyclic) bond motifs is 1. The van der Waals surface area contributed by atoms with Crippen molar-refractivity contribution in [1.29, 1.82) is 0 Å². The minimum Gasteiger partial charge on any atom is -0.493 e. The van der Waals surface area contributed by atoms with Crippen LogP contribution in [0.25, 0.3) is 0 Å². The van der Waals surface area contributed by atoms with E-state index in [4.69, 9.17) is 22.1 Å². The van der Waals surface area contributed by atoms with E-state index in [2.05, 4.69) is 0 Å². The fraction of sp³-hybridized carbons (Fsp3) is 0.625. The van der Waals surface area contributed by atoms with Crippen molar-refractivity contribution in [2.45, 2.75) is 56.9 Å². The van der Waals surface area contributed by atoms with Crippen molar-refractivity contribution in [1.82, 2.24) is 0 Å². The molecular formula is C16H22ClNO. The molecule has 1 aliphatic carbocycles. The van der Waals surface area contributed by atoms with E-state index in [0.29, 0.717) is 0 Å². The molecule has 0 saturated heterocycles. The van der Waals surface area contributed by atoms with Crippen LogP contribution in [0.1, 0.15) is 49.7 Å². The molecule has 1 heterocycles. The minimum absolute atomic E-state index is 0.0685. The Morgan fingerprint density at radius 3 is 2.63 bits per heavy atom. The van der Waals surface area contributed by atoms with Gasteiger partial charge in [-0.05, 0) is 42.5 Å². The zero-order valence-corrected chi connectivity index (χ0v) is 12.1. The number of nitrogens with two attached hydrogens (primary N) is 1. The maximum Gasteiger partial charge on any atom is 0.125 e. The molecule has 2 nitrogen and oxygen atoms in total. The van der Waals surface area contributed by atoms with Gasteiger partial charge in [0.1, 0.15) is 5.75 Å². The third-order valence-corrected chi connectivity index (χ3v) is 4.69. The fourth-order valence-corrected chi connectivity index (χ4v) is 3.73. The predicted molar refractivity (Wildman–Crippen MR) is 79.0 cm³/mol. The van der Waals surface area contributed by atoms with Crippen molar-refractivity contribution in [2.75, 3.05) is 6.61 Å². The predicted octanol–water partition coefficient (Wildman–Crippen LogP) is 3.87. The van der Waals surface area contributed by atoms with E-state index in [0.717, 1.165) is 43.1 Å². The Morgan fingerprint density at radius 1 is 1.16 bits per heavy atom. The normalized spacial score (nSPS) is 21.6. The van der Waals surface area contributed by atoms with E-state index < -0.39 is 0 Å². The SMILES string of the molecule is NC1(Cc2cc(Cl)cc3c2OCC3)CCCCCC1. The summed E-state index contributed by atoms with van der Waals surface area (Å²) in [7, 11) is 0. The Kier molecular flexibility index (Phi) is 3.72. The van der Waals surface area contributed by atoms with Crippen LogP contribution in [0.4, 0.5) is 0 Å². The lowest BCUT2D eigenvalue weighted by Gasteiger charge is -2.29. The van der Waals surface area contributed by atoms with Crippen molar-refractivity contribution in [2.24, 2.45) is 5.73 Å². The smallest absolute Gasteiger partial charge is 0.125 e. The maximum absolute atomic E-state index is 6.64. The van der Waals surface area contributed by atoms with Crippen LogP contribution in [0.2, 0.25) is 5.02 Å². The summed E-state index contributed by atoms with van der Waals surface area (Å²) in [4.78, 5) is 0. The highest BCUT2D eigenvalue weighted by Crippen LogP contribution is 2.37. The highest BCUT2D eigenvalue weighted by molar-refractivity contribution is 6.30. The van der Waals surface area contributed by atoms with Gasteiger partial charge < -0.3 is 10.5 Å². The van der Waals surface area contributed by atoms with Gasteiger partial charge in [-0.25, -0.2) is 0 Å². The summed E-state index contributed by atoms with van der Waals surface area (Å²) in [5.41, 5.74) is 9.03. The zero-order chi connectivity index (χ0) is 13.3. The monoisotopic (exact) mass is 279 g/mol. The van der Waals surface area contributed by atoms with Gasteiger partial charge in [-0.3, -0.25) is 0 Å². The second-order valence-corrected chi connectivity index (χ2v) is 6.54. The van der Waals surface area contributed by atoms with Crippen LogP contribution in [0.3, 0.4) is 0 Å². The van der Waals surface area contributed by atoms with Crippen LogP contribution in [0.5, 0.6) is 5.75 Å². The van der Waals surface area contributed by atoms with Crippen molar-refractivity contribution < 1.29 is 4.74 Å². The molecule has 19 heavy (non-hydrogen) atoms. The summed E-state index contributed by atoms with van der Waals surface area (Å²) in [6.07, 6.45) is 9.26. The molecule has 0 amide bonds. The molecule has 0 aromatic heterocycles. The molecule has 3 rings (SSSR count). The fourth-order valence-electron chi connectivity index (χ4n) is 3.47. The summed E-state index contributed by atoms with van der Waals surface area (Å²) in [5, 5.41) is 0.816. The highest BCUT2D eigenvalue weighted by atomic mass is 35.5. The summed E-state index contributed by atoms with van der Waals surface area (Å²) in [6.45, 7) is 0.778. The first-order valence-electron chi connectivity index (χ1n) is 7.39.